The van der Waals surface area contributed by atoms with Crippen LogP contribution in [0.3, 0.4) is 0 Å². The smallest absolute Gasteiger partial charge is 0.0243 e. The van der Waals surface area contributed by atoms with Crippen molar-refractivity contribution in [3.8, 4) is 0 Å². The van der Waals surface area contributed by atoms with Gasteiger partial charge in [0.1, 0.15) is 0 Å². The van der Waals surface area contributed by atoms with E-state index in [0.29, 0.717) is 6.04 Å². The van der Waals surface area contributed by atoms with Crippen LogP contribution in [0.2, 0.25) is 0 Å². The first-order chi connectivity index (χ1) is 6.29. The zero-order valence-electron chi connectivity index (χ0n) is 9.13. The second-order valence-corrected chi connectivity index (χ2v) is 4.33. The van der Waals surface area contributed by atoms with E-state index in [9.17, 15) is 0 Å². The van der Waals surface area contributed by atoms with Crippen LogP contribution < -0.4 is 5.73 Å². The number of hydrogen-bond donors (Lipinski definition) is 1. The minimum absolute atomic E-state index is 0.664. The molecule has 0 bridgehead atoms. The quantitative estimate of drug-likeness (QED) is 0.612. The Morgan fingerprint density at radius 1 is 1.38 bits per heavy atom. The van der Waals surface area contributed by atoms with Gasteiger partial charge in [0.25, 0.3) is 0 Å². The third-order valence-corrected chi connectivity index (χ3v) is 3.09. The van der Waals surface area contributed by atoms with Crippen LogP contribution in [0, 0.1) is 5.92 Å². The molecule has 1 unspecified atom stereocenters. The molecule has 2 heteroatoms. The van der Waals surface area contributed by atoms with Crippen molar-refractivity contribution in [3.63, 3.8) is 0 Å². The third-order valence-electron chi connectivity index (χ3n) is 3.09. The summed E-state index contributed by atoms with van der Waals surface area (Å²) in [6, 6.07) is 0.664. The lowest BCUT2D eigenvalue weighted by atomic mass is 10.1. The van der Waals surface area contributed by atoms with Gasteiger partial charge in [0, 0.05) is 12.6 Å². The van der Waals surface area contributed by atoms with Gasteiger partial charge in [0.2, 0.25) is 0 Å². The number of likely N-dealkylation sites (N-methyl/N-ethyl adjacent to an activating group) is 1. The normalized spacial score (nSPS) is 19.4. The van der Waals surface area contributed by atoms with Crippen molar-refractivity contribution in [3.05, 3.63) is 0 Å². The maximum absolute atomic E-state index is 5.78. The Morgan fingerprint density at radius 2 is 2.08 bits per heavy atom. The van der Waals surface area contributed by atoms with Crippen molar-refractivity contribution < 1.29 is 0 Å². The molecule has 0 saturated heterocycles. The second-order valence-electron chi connectivity index (χ2n) is 4.33. The lowest BCUT2D eigenvalue weighted by Crippen LogP contribution is -2.40. The van der Waals surface area contributed by atoms with Gasteiger partial charge in [0.05, 0.1) is 0 Å². The largest absolute Gasteiger partial charge is 0.329 e. The van der Waals surface area contributed by atoms with Gasteiger partial charge in [-0.05, 0) is 38.8 Å². The zero-order chi connectivity index (χ0) is 9.68. The second kappa shape index (κ2) is 5.61. The first-order valence-corrected chi connectivity index (χ1v) is 5.70. The Bertz CT molecular complexity index is 132. The van der Waals surface area contributed by atoms with Crippen LogP contribution in [-0.2, 0) is 0 Å². The van der Waals surface area contributed by atoms with Crippen molar-refractivity contribution in [1.29, 1.82) is 0 Å². The number of unbranched alkanes of at least 4 members (excludes halogenated alkanes) is 2. The molecule has 0 amide bonds. The van der Waals surface area contributed by atoms with Crippen LogP contribution in [0.25, 0.3) is 0 Å². The molecule has 1 aliphatic carbocycles. The summed E-state index contributed by atoms with van der Waals surface area (Å²) in [5.41, 5.74) is 5.78. The van der Waals surface area contributed by atoms with E-state index >= 15 is 0 Å². The molecule has 0 aromatic carbocycles. The molecule has 0 heterocycles. The van der Waals surface area contributed by atoms with Crippen molar-refractivity contribution >= 4 is 0 Å². The molecule has 1 rings (SSSR count). The highest BCUT2D eigenvalue weighted by Gasteiger charge is 2.32. The topological polar surface area (TPSA) is 29.3 Å². The molecule has 78 valence electrons. The van der Waals surface area contributed by atoms with Crippen molar-refractivity contribution in [2.24, 2.45) is 11.7 Å². The van der Waals surface area contributed by atoms with Crippen LogP contribution in [0.4, 0.5) is 0 Å². The van der Waals surface area contributed by atoms with Gasteiger partial charge in [-0.15, -0.1) is 0 Å². The average molecular weight is 184 g/mol. The standard InChI is InChI=1S/C11H24N2/c1-3-4-5-8-13(2)11(9-12)10-6-7-10/h10-11H,3-9,12H2,1-2H3. The van der Waals surface area contributed by atoms with E-state index in [1.807, 2.05) is 0 Å². The van der Waals surface area contributed by atoms with Gasteiger partial charge in [-0.25, -0.2) is 0 Å². The monoisotopic (exact) mass is 184 g/mol. The summed E-state index contributed by atoms with van der Waals surface area (Å²) in [5, 5.41) is 0. The summed E-state index contributed by atoms with van der Waals surface area (Å²) < 4.78 is 0. The van der Waals surface area contributed by atoms with E-state index < -0.39 is 0 Å². The summed E-state index contributed by atoms with van der Waals surface area (Å²) in [6.07, 6.45) is 6.80. The van der Waals surface area contributed by atoms with Crippen molar-refractivity contribution in [1.82, 2.24) is 4.90 Å². The fourth-order valence-electron chi connectivity index (χ4n) is 1.99. The Kier molecular flexibility index (Phi) is 4.74. The highest BCUT2D eigenvalue weighted by Crippen LogP contribution is 2.34. The highest BCUT2D eigenvalue weighted by atomic mass is 15.1. The number of nitrogens with zero attached hydrogens (tertiary/aromatic N) is 1. The number of nitrogens with two attached hydrogens (primary N) is 1. The molecule has 13 heavy (non-hydrogen) atoms. The minimum atomic E-state index is 0.664. The predicted octanol–water partition coefficient (Wildman–Crippen LogP) is 1.85. The molecular formula is C11H24N2. The third kappa shape index (κ3) is 3.65. The Balaban J connectivity index is 2.15. The summed E-state index contributed by atoms with van der Waals surface area (Å²) in [6.45, 7) is 4.32. The number of hydrogen-bond acceptors (Lipinski definition) is 2. The molecule has 2 nitrogen and oxygen atoms in total. The molecule has 2 N–H and O–H groups in total. The van der Waals surface area contributed by atoms with Crippen LogP contribution in [0.5, 0.6) is 0 Å². The van der Waals surface area contributed by atoms with E-state index in [2.05, 4.69) is 18.9 Å². The van der Waals surface area contributed by atoms with Crippen LogP contribution in [0.15, 0.2) is 0 Å². The highest BCUT2D eigenvalue weighted by molar-refractivity contribution is 4.87. The molecule has 0 aromatic heterocycles. The molecule has 1 saturated carbocycles. The minimum Gasteiger partial charge on any atom is -0.329 e. The van der Waals surface area contributed by atoms with Gasteiger partial charge in [-0.2, -0.15) is 0 Å². The molecule has 0 spiro atoms. The summed E-state index contributed by atoms with van der Waals surface area (Å²) in [7, 11) is 2.23. The lowest BCUT2D eigenvalue weighted by Gasteiger charge is -2.26. The van der Waals surface area contributed by atoms with Crippen molar-refractivity contribution in [2.75, 3.05) is 20.1 Å². The van der Waals surface area contributed by atoms with Gasteiger partial charge < -0.3 is 10.6 Å². The SMILES string of the molecule is CCCCCN(C)C(CN)C1CC1. The first kappa shape index (κ1) is 11.0. The summed E-state index contributed by atoms with van der Waals surface area (Å²) in [4.78, 5) is 2.47. The van der Waals surface area contributed by atoms with Gasteiger partial charge in [-0.1, -0.05) is 19.8 Å². The van der Waals surface area contributed by atoms with Crippen LogP contribution >= 0.6 is 0 Å². The molecule has 1 aliphatic rings. The van der Waals surface area contributed by atoms with Crippen LogP contribution in [-0.4, -0.2) is 31.1 Å². The number of rotatable bonds is 7. The molecule has 0 aromatic rings. The van der Waals surface area contributed by atoms with E-state index in [1.54, 1.807) is 0 Å². The van der Waals surface area contributed by atoms with Crippen molar-refractivity contribution in [2.45, 2.75) is 45.1 Å². The molecule has 0 aliphatic heterocycles. The van der Waals surface area contributed by atoms with Gasteiger partial charge in [-0.3, -0.25) is 0 Å². The van der Waals surface area contributed by atoms with E-state index in [1.165, 1.54) is 38.6 Å². The first-order valence-electron chi connectivity index (χ1n) is 5.70. The van der Waals surface area contributed by atoms with E-state index in [4.69, 9.17) is 5.73 Å². The molecule has 0 radical (unpaired) electrons. The maximum atomic E-state index is 5.78. The average Bonchev–Trinajstić information content (AvgIpc) is 2.90. The summed E-state index contributed by atoms with van der Waals surface area (Å²) >= 11 is 0. The lowest BCUT2D eigenvalue weighted by molar-refractivity contribution is 0.219. The Hall–Kier alpha value is -0.0800. The van der Waals surface area contributed by atoms with E-state index in [-0.39, 0.29) is 0 Å². The Morgan fingerprint density at radius 3 is 2.54 bits per heavy atom. The van der Waals surface area contributed by atoms with E-state index in [0.717, 1.165) is 12.5 Å². The molecule has 1 atom stereocenters. The predicted molar refractivity (Wildman–Crippen MR) is 57.7 cm³/mol. The fraction of sp³-hybridized carbons (Fsp3) is 1.00. The Labute approximate surface area is 82.5 Å². The van der Waals surface area contributed by atoms with Gasteiger partial charge in [0.15, 0.2) is 0 Å². The fourth-order valence-corrected chi connectivity index (χ4v) is 1.99. The zero-order valence-corrected chi connectivity index (χ0v) is 9.13. The maximum Gasteiger partial charge on any atom is 0.0243 e. The van der Waals surface area contributed by atoms with Gasteiger partial charge >= 0.3 is 0 Å². The molecule has 1 fully saturated rings. The molecular weight excluding hydrogens is 160 g/mol. The van der Waals surface area contributed by atoms with Crippen LogP contribution in [0.1, 0.15) is 39.0 Å². The summed E-state index contributed by atoms with van der Waals surface area (Å²) in [5.74, 6) is 0.914.